The SMILES string of the molecule is CCCc1ccc(CN)c(=O)n1C(C)C. The number of hydrogen-bond acceptors (Lipinski definition) is 2. The molecule has 1 aromatic heterocycles. The molecule has 2 N–H and O–H groups in total. The third kappa shape index (κ3) is 2.48. The Bertz CT molecular complexity index is 380. The predicted octanol–water partition coefficient (Wildman–Crippen LogP) is 1.84. The van der Waals surface area contributed by atoms with Crippen LogP contribution in [0.1, 0.15) is 44.5 Å². The van der Waals surface area contributed by atoms with Crippen LogP contribution in [0.4, 0.5) is 0 Å². The molecule has 0 aliphatic rings. The number of aryl methyl sites for hydroxylation is 1. The molecule has 0 unspecified atom stereocenters. The van der Waals surface area contributed by atoms with Gasteiger partial charge < -0.3 is 10.3 Å². The summed E-state index contributed by atoms with van der Waals surface area (Å²) in [5.41, 5.74) is 7.40. The zero-order valence-electron chi connectivity index (χ0n) is 9.79. The molecule has 0 aliphatic carbocycles. The van der Waals surface area contributed by atoms with Crippen LogP contribution in [0.2, 0.25) is 0 Å². The van der Waals surface area contributed by atoms with Gasteiger partial charge >= 0.3 is 0 Å². The second-order valence-electron chi connectivity index (χ2n) is 4.07. The van der Waals surface area contributed by atoms with Gasteiger partial charge in [-0.25, -0.2) is 0 Å². The molecule has 0 atom stereocenters. The Balaban J connectivity index is 3.31. The summed E-state index contributed by atoms with van der Waals surface area (Å²) in [6.45, 7) is 6.49. The van der Waals surface area contributed by atoms with Gasteiger partial charge in [-0.15, -0.1) is 0 Å². The molecular formula is C12H20N2O. The fourth-order valence-electron chi connectivity index (χ4n) is 1.81. The first-order valence-corrected chi connectivity index (χ1v) is 5.55. The van der Waals surface area contributed by atoms with Crippen LogP contribution in [0.5, 0.6) is 0 Å². The van der Waals surface area contributed by atoms with Gasteiger partial charge in [0, 0.05) is 23.8 Å². The number of pyridine rings is 1. The standard InChI is InChI=1S/C12H20N2O/c1-4-5-11-7-6-10(8-13)12(15)14(11)9(2)3/h6-7,9H,4-5,8,13H2,1-3H3. The summed E-state index contributed by atoms with van der Waals surface area (Å²) in [5.74, 6) is 0. The molecule has 0 aliphatic heterocycles. The molecule has 84 valence electrons. The number of aromatic nitrogens is 1. The van der Waals surface area contributed by atoms with Gasteiger partial charge in [0.15, 0.2) is 0 Å². The Morgan fingerprint density at radius 3 is 2.53 bits per heavy atom. The van der Waals surface area contributed by atoms with Crippen molar-refractivity contribution in [3.05, 3.63) is 33.7 Å². The van der Waals surface area contributed by atoms with E-state index in [4.69, 9.17) is 5.73 Å². The summed E-state index contributed by atoms with van der Waals surface area (Å²) in [7, 11) is 0. The van der Waals surface area contributed by atoms with Crippen LogP contribution >= 0.6 is 0 Å². The van der Waals surface area contributed by atoms with Crippen molar-refractivity contribution in [1.82, 2.24) is 4.57 Å². The van der Waals surface area contributed by atoms with Crippen molar-refractivity contribution in [2.24, 2.45) is 5.73 Å². The Morgan fingerprint density at radius 2 is 2.07 bits per heavy atom. The van der Waals surface area contributed by atoms with Crippen molar-refractivity contribution in [3.63, 3.8) is 0 Å². The Labute approximate surface area is 90.9 Å². The molecule has 3 heteroatoms. The number of rotatable bonds is 4. The van der Waals surface area contributed by atoms with Crippen LogP contribution in [-0.4, -0.2) is 4.57 Å². The molecule has 1 aromatic rings. The van der Waals surface area contributed by atoms with Crippen LogP contribution in [0.25, 0.3) is 0 Å². The molecular weight excluding hydrogens is 188 g/mol. The molecule has 0 fully saturated rings. The Hall–Kier alpha value is -1.09. The summed E-state index contributed by atoms with van der Waals surface area (Å²) < 4.78 is 1.85. The summed E-state index contributed by atoms with van der Waals surface area (Å²) >= 11 is 0. The van der Waals surface area contributed by atoms with Crippen molar-refractivity contribution in [1.29, 1.82) is 0 Å². The minimum atomic E-state index is 0.0680. The average molecular weight is 208 g/mol. The van der Waals surface area contributed by atoms with Gasteiger partial charge in [0.1, 0.15) is 0 Å². The molecule has 0 amide bonds. The van der Waals surface area contributed by atoms with E-state index in [-0.39, 0.29) is 11.6 Å². The highest BCUT2D eigenvalue weighted by Gasteiger charge is 2.09. The monoisotopic (exact) mass is 208 g/mol. The van der Waals surface area contributed by atoms with Gasteiger partial charge in [0.2, 0.25) is 0 Å². The van der Waals surface area contributed by atoms with E-state index in [1.165, 1.54) is 0 Å². The van der Waals surface area contributed by atoms with E-state index >= 15 is 0 Å². The van der Waals surface area contributed by atoms with Crippen molar-refractivity contribution >= 4 is 0 Å². The molecule has 15 heavy (non-hydrogen) atoms. The minimum absolute atomic E-state index is 0.0680. The zero-order chi connectivity index (χ0) is 11.4. The van der Waals surface area contributed by atoms with E-state index in [0.29, 0.717) is 12.1 Å². The topological polar surface area (TPSA) is 48.0 Å². The Kier molecular flexibility index (Phi) is 4.09. The minimum Gasteiger partial charge on any atom is -0.326 e. The molecule has 1 rings (SSSR count). The number of nitrogens with zero attached hydrogens (tertiary/aromatic N) is 1. The summed E-state index contributed by atoms with van der Waals surface area (Å²) in [6.07, 6.45) is 1.99. The summed E-state index contributed by atoms with van der Waals surface area (Å²) in [6, 6.07) is 4.07. The highest BCUT2D eigenvalue weighted by molar-refractivity contribution is 5.17. The van der Waals surface area contributed by atoms with E-state index < -0.39 is 0 Å². The maximum absolute atomic E-state index is 12.0. The van der Waals surface area contributed by atoms with Gasteiger partial charge in [-0.05, 0) is 26.3 Å². The molecule has 0 bridgehead atoms. The lowest BCUT2D eigenvalue weighted by molar-refractivity contribution is 0.542. The molecule has 0 aromatic carbocycles. The van der Waals surface area contributed by atoms with Crippen LogP contribution in [0.3, 0.4) is 0 Å². The second-order valence-corrected chi connectivity index (χ2v) is 4.07. The van der Waals surface area contributed by atoms with Gasteiger partial charge in [-0.1, -0.05) is 19.4 Å². The van der Waals surface area contributed by atoms with Crippen LogP contribution in [0.15, 0.2) is 16.9 Å². The van der Waals surface area contributed by atoms with E-state index in [0.717, 1.165) is 18.5 Å². The maximum Gasteiger partial charge on any atom is 0.255 e. The normalized spacial score (nSPS) is 11.0. The van der Waals surface area contributed by atoms with E-state index in [9.17, 15) is 4.79 Å². The molecule has 3 nitrogen and oxygen atoms in total. The van der Waals surface area contributed by atoms with Crippen LogP contribution in [-0.2, 0) is 13.0 Å². The molecule has 1 heterocycles. The highest BCUT2D eigenvalue weighted by atomic mass is 16.1. The van der Waals surface area contributed by atoms with Crippen molar-refractivity contribution < 1.29 is 0 Å². The first kappa shape index (κ1) is 12.0. The molecule has 0 saturated heterocycles. The smallest absolute Gasteiger partial charge is 0.255 e. The van der Waals surface area contributed by atoms with Gasteiger partial charge in [0.05, 0.1) is 0 Å². The predicted molar refractivity (Wildman–Crippen MR) is 63.0 cm³/mol. The lowest BCUT2D eigenvalue weighted by atomic mass is 10.1. The summed E-state index contributed by atoms with van der Waals surface area (Å²) in [5, 5.41) is 0. The maximum atomic E-state index is 12.0. The molecule has 0 spiro atoms. The lowest BCUT2D eigenvalue weighted by Crippen LogP contribution is -2.29. The summed E-state index contributed by atoms with van der Waals surface area (Å²) in [4.78, 5) is 12.0. The van der Waals surface area contributed by atoms with Crippen molar-refractivity contribution in [3.8, 4) is 0 Å². The first-order valence-electron chi connectivity index (χ1n) is 5.55. The van der Waals surface area contributed by atoms with Crippen molar-refractivity contribution in [2.75, 3.05) is 0 Å². The van der Waals surface area contributed by atoms with E-state index in [2.05, 4.69) is 6.92 Å². The van der Waals surface area contributed by atoms with Gasteiger partial charge in [0.25, 0.3) is 5.56 Å². The fourth-order valence-corrected chi connectivity index (χ4v) is 1.81. The Morgan fingerprint density at radius 1 is 1.40 bits per heavy atom. The van der Waals surface area contributed by atoms with E-state index in [1.54, 1.807) is 0 Å². The van der Waals surface area contributed by atoms with E-state index in [1.807, 2.05) is 30.5 Å². The molecule has 0 radical (unpaired) electrons. The fraction of sp³-hybridized carbons (Fsp3) is 0.583. The van der Waals surface area contributed by atoms with Crippen LogP contribution < -0.4 is 11.3 Å². The largest absolute Gasteiger partial charge is 0.326 e. The lowest BCUT2D eigenvalue weighted by Gasteiger charge is -2.17. The third-order valence-electron chi connectivity index (χ3n) is 2.52. The highest BCUT2D eigenvalue weighted by Crippen LogP contribution is 2.09. The number of nitrogens with two attached hydrogens (primary N) is 1. The third-order valence-corrected chi connectivity index (χ3v) is 2.52. The second kappa shape index (κ2) is 5.12. The first-order chi connectivity index (χ1) is 7.11. The van der Waals surface area contributed by atoms with Gasteiger partial charge in [-0.2, -0.15) is 0 Å². The number of hydrogen-bond donors (Lipinski definition) is 1. The quantitative estimate of drug-likeness (QED) is 0.820. The zero-order valence-corrected chi connectivity index (χ0v) is 9.79. The van der Waals surface area contributed by atoms with Crippen LogP contribution in [0, 0.1) is 0 Å². The molecule has 0 saturated carbocycles. The van der Waals surface area contributed by atoms with Crippen molar-refractivity contribution in [2.45, 2.75) is 46.2 Å². The average Bonchev–Trinajstić information content (AvgIpc) is 2.18. The van der Waals surface area contributed by atoms with Gasteiger partial charge in [-0.3, -0.25) is 4.79 Å².